The number of carbonyl (C=O) groups excluding carboxylic acids is 2. The highest BCUT2D eigenvalue weighted by Crippen LogP contribution is 2.16. The first-order valence-electron chi connectivity index (χ1n) is 7.90. The van der Waals surface area contributed by atoms with E-state index >= 15 is 0 Å². The topological polar surface area (TPSA) is 76.0 Å². The normalized spacial score (nSPS) is 12.1. The van der Waals surface area contributed by atoms with Gasteiger partial charge in [0, 0.05) is 24.8 Å². The molecule has 1 aromatic heterocycles. The van der Waals surface area contributed by atoms with Gasteiger partial charge in [-0.25, -0.2) is 4.68 Å². The molecule has 24 heavy (non-hydrogen) atoms. The molecule has 0 aliphatic heterocycles. The van der Waals surface area contributed by atoms with Gasteiger partial charge in [0.2, 0.25) is 11.8 Å². The first kappa shape index (κ1) is 17.5. The summed E-state index contributed by atoms with van der Waals surface area (Å²) < 4.78 is 1.80. The Labute approximate surface area is 141 Å². The fourth-order valence-electron chi connectivity index (χ4n) is 2.16. The van der Waals surface area contributed by atoms with Crippen LogP contribution in [0.1, 0.15) is 38.8 Å². The second-order valence-electron chi connectivity index (χ2n) is 5.54. The summed E-state index contributed by atoms with van der Waals surface area (Å²) in [5.41, 5.74) is 1.59. The van der Waals surface area contributed by atoms with Crippen LogP contribution in [0.4, 0.5) is 11.5 Å². The molecule has 6 heteroatoms. The molecule has 2 rings (SSSR count). The van der Waals surface area contributed by atoms with Crippen molar-refractivity contribution in [1.29, 1.82) is 0 Å². The predicted molar refractivity (Wildman–Crippen MR) is 95.6 cm³/mol. The lowest BCUT2D eigenvalue weighted by atomic mass is 10.2. The first-order chi connectivity index (χ1) is 11.5. The van der Waals surface area contributed by atoms with Gasteiger partial charge >= 0.3 is 0 Å². The lowest BCUT2D eigenvalue weighted by Crippen LogP contribution is -2.15. The number of rotatable bonds is 6. The number of nitrogens with one attached hydrogen (secondary N) is 2. The van der Waals surface area contributed by atoms with Gasteiger partial charge in [0.05, 0.1) is 12.2 Å². The number of benzene rings is 1. The van der Waals surface area contributed by atoms with Crippen molar-refractivity contribution in [2.75, 3.05) is 10.6 Å². The summed E-state index contributed by atoms with van der Waals surface area (Å²) in [4.78, 5) is 23.0. The molecular weight excluding hydrogens is 304 g/mol. The molecule has 0 spiro atoms. The molecule has 1 heterocycles. The zero-order valence-corrected chi connectivity index (χ0v) is 14.1. The number of amides is 2. The van der Waals surface area contributed by atoms with Crippen molar-refractivity contribution < 1.29 is 9.59 Å². The molecule has 2 amide bonds. The van der Waals surface area contributed by atoms with Crippen LogP contribution in [0.25, 0.3) is 6.08 Å². The van der Waals surface area contributed by atoms with E-state index in [4.69, 9.17) is 0 Å². The summed E-state index contributed by atoms with van der Waals surface area (Å²) in [5, 5.41) is 9.76. The number of anilines is 2. The summed E-state index contributed by atoms with van der Waals surface area (Å²) in [5.74, 6) is 0.349. The quantitative estimate of drug-likeness (QED) is 0.798. The van der Waals surface area contributed by atoms with Crippen molar-refractivity contribution in [3.8, 4) is 0 Å². The van der Waals surface area contributed by atoms with Gasteiger partial charge in [-0.05, 0) is 37.1 Å². The minimum atomic E-state index is -0.217. The minimum absolute atomic E-state index is 0.115. The third-order valence-electron chi connectivity index (χ3n) is 3.59. The van der Waals surface area contributed by atoms with Gasteiger partial charge in [0.15, 0.2) is 0 Å². The van der Waals surface area contributed by atoms with Crippen LogP contribution < -0.4 is 10.6 Å². The van der Waals surface area contributed by atoms with Crippen molar-refractivity contribution in [2.24, 2.45) is 0 Å². The number of aromatic nitrogens is 2. The third kappa shape index (κ3) is 4.81. The van der Waals surface area contributed by atoms with E-state index in [1.54, 1.807) is 35.2 Å². The molecule has 1 aromatic carbocycles. The maximum absolute atomic E-state index is 12.1. The molecule has 6 nitrogen and oxygen atoms in total. The average Bonchev–Trinajstić information content (AvgIpc) is 3.01. The lowest BCUT2D eigenvalue weighted by Gasteiger charge is -2.13. The highest BCUT2D eigenvalue weighted by molar-refractivity contribution is 6.01. The zero-order chi connectivity index (χ0) is 17.5. The lowest BCUT2D eigenvalue weighted by molar-refractivity contribution is -0.114. The van der Waals surface area contributed by atoms with Gasteiger partial charge in [0.1, 0.15) is 5.82 Å². The number of carbonyl (C=O) groups is 2. The Morgan fingerprint density at radius 2 is 1.92 bits per heavy atom. The maximum atomic E-state index is 12.1. The second kappa shape index (κ2) is 8.10. The molecule has 0 saturated carbocycles. The van der Waals surface area contributed by atoms with E-state index in [9.17, 15) is 9.59 Å². The zero-order valence-electron chi connectivity index (χ0n) is 14.1. The molecular formula is C18H22N4O2. The van der Waals surface area contributed by atoms with Gasteiger partial charge in [-0.15, -0.1) is 0 Å². The molecule has 1 unspecified atom stereocenters. The van der Waals surface area contributed by atoms with E-state index in [2.05, 4.69) is 29.6 Å². The molecule has 0 aliphatic carbocycles. The second-order valence-corrected chi connectivity index (χ2v) is 5.54. The molecule has 2 aromatic rings. The Morgan fingerprint density at radius 1 is 1.21 bits per heavy atom. The SMILES string of the molecule is CCC(C)n1nccc1NC(=O)/C=C/c1ccc(NC(C)=O)cc1. The number of hydrogen-bond acceptors (Lipinski definition) is 3. The first-order valence-corrected chi connectivity index (χ1v) is 7.90. The van der Waals surface area contributed by atoms with Crippen molar-refractivity contribution in [3.63, 3.8) is 0 Å². The van der Waals surface area contributed by atoms with Crippen LogP contribution in [0.2, 0.25) is 0 Å². The fraction of sp³-hybridized carbons (Fsp3) is 0.278. The number of hydrogen-bond donors (Lipinski definition) is 2. The smallest absolute Gasteiger partial charge is 0.249 e. The van der Waals surface area contributed by atoms with Crippen molar-refractivity contribution in [3.05, 3.63) is 48.2 Å². The van der Waals surface area contributed by atoms with Gasteiger partial charge in [-0.2, -0.15) is 5.10 Å². The maximum Gasteiger partial charge on any atom is 0.249 e. The van der Waals surface area contributed by atoms with E-state index < -0.39 is 0 Å². The molecule has 0 radical (unpaired) electrons. The van der Waals surface area contributed by atoms with E-state index in [-0.39, 0.29) is 17.9 Å². The van der Waals surface area contributed by atoms with Gasteiger partial charge in [-0.3, -0.25) is 9.59 Å². The standard InChI is InChI=1S/C18H22N4O2/c1-4-13(2)22-17(11-12-19-22)21-18(24)10-7-15-5-8-16(9-6-15)20-14(3)23/h5-13H,4H2,1-3H3,(H,20,23)(H,21,24)/b10-7+. The van der Waals surface area contributed by atoms with Crippen molar-refractivity contribution >= 4 is 29.4 Å². The molecule has 1 atom stereocenters. The van der Waals surface area contributed by atoms with Gasteiger partial charge < -0.3 is 10.6 Å². The average molecular weight is 326 g/mol. The number of nitrogens with zero attached hydrogens (tertiary/aromatic N) is 2. The molecule has 0 bridgehead atoms. The van der Waals surface area contributed by atoms with Crippen LogP contribution >= 0.6 is 0 Å². The largest absolute Gasteiger partial charge is 0.326 e. The molecule has 0 aliphatic rings. The Kier molecular flexibility index (Phi) is 5.89. The van der Waals surface area contributed by atoms with E-state index in [0.717, 1.165) is 17.7 Å². The molecule has 0 fully saturated rings. The van der Waals surface area contributed by atoms with Crippen LogP contribution in [-0.4, -0.2) is 21.6 Å². The summed E-state index contributed by atoms with van der Waals surface area (Å²) in [6.07, 6.45) is 5.80. The Bertz CT molecular complexity index is 732. The van der Waals surface area contributed by atoms with Crippen LogP contribution in [0, 0.1) is 0 Å². The molecule has 0 saturated heterocycles. The third-order valence-corrected chi connectivity index (χ3v) is 3.59. The molecule has 126 valence electrons. The monoisotopic (exact) mass is 326 g/mol. The molecule has 2 N–H and O–H groups in total. The Hall–Kier alpha value is -2.89. The van der Waals surface area contributed by atoms with Gasteiger partial charge in [0.25, 0.3) is 0 Å². The van der Waals surface area contributed by atoms with Crippen LogP contribution in [-0.2, 0) is 9.59 Å². The van der Waals surface area contributed by atoms with Crippen molar-refractivity contribution in [2.45, 2.75) is 33.2 Å². The highest BCUT2D eigenvalue weighted by Gasteiger charge is 2.09. The fourth-order valence-corrected chi connectivity index (χ4v) is 2.16. The summed E-state index contributed by atoms with van der Waals surface area (Å²) in [7, 11) is 0. The van der Waals surface area contributed by atoms with Gasteiger partial charge in [-0.1, -0.05) is 19.1 Å². The minimum Gasteiger partial charge on any atom is -0.326 e. The van der Waals surface area contributed by atoms with E-state index in [1.165, 1.54) is 13.0 Å². The predicted octanol–water partition coefficient (Wildman–Crippen LogP) is 3.46. The Balaban J connectivity index is 1.98. The van der Waals surface area contributed by atoms with E-state index in [0.29, 0.717) is 5.82 Å². The van der Waals surface area contributed by atoms with Crippen LogP contribution in [0.5, 0.6) is 0 Å². The summed E-state index contributed by atoms with van der Waals surface area (Å²) in [6, 6.07) is 9.24. The summed E-state index contributed by atoms with van der Waals surface area (Å²) >= 11 is 0. The summed E-state index contributed by atoms with van der Waals surface area (Å²) in [6.45, 7) is 5.58. The van der Waals surface area contributed by atoms with Crippen LogP contribution in [0.15, 0.2) is 42.6 Å². The van der Waals surface area contributed by atoms with E-state index in [1.807, 2.05) is 12.1 Å². The Morgan fingerprint density at radius 3 is 2.54 bits per heavy atom. The van der Waals surface area contributed by atoms with Crippen LogP contribution in [0.3, 0.4) is 0 Å². The highest BCUT2D eigenvalue weighted by atomic mass is 16.2. The van der Waals surface area contributed by atoms with Crippen molar-refractivity contribution in [1.82, 2.24) is 9.78 Å².